The van der Waals surface area contributed by atoms with Crippen LogP contribution in [0.5, 0.6) is 0 Å². The van der Waals surface area contributed by atoms with Gasteiger partial charge >= 0.3 is 0 Å². The molecule has 38 heavy (non-hydrogen) atoms. The van der Waals surface area contributed by atoms with Gasteiger partial charge in [-0.3, -0.25) is 9.59 Å². The van der Waals surface area contributed by atoms with Crippen molar-refractivity contribution in [1.29, 1.82) is 0 Å². The Kier molecular flexibility index (Phi) is 10.0. The highest BCUT2D eigenvalue weighted by atomic mass is 33.1. The molecule has 0 aromatic heterocycles. The molecule has 0 saturated carbocycles. The summed E-state index contributed by atoms with van der Waals surface area (Å²) in [7, 11) is 2.75. The average Bonchev–Trinajstić information content (AvgIpc) is 2.98. The number of rotatable bonds is 11. The van der Waals surface area contributed by atoms with Gasteiger partial charge in [0, 0.05) is 22.9 Å². The molecular weight excluding hydrogens is 516 g/mol. The number of aliphatic hydroxyl groups is 2. The Balaban J connectivity index is 1.37. The van der Waals surface area contributed by atoms with Crippen molar-refractivity contribution in [3.63, 3.8) is 0 Å². The van der Waals surface area contributed by atoms with Gasteiger partial charge in [-0.2, -0.15) is 0 Å². The Morgan fingerprint density at radius 3 is 1.29 bits per heavy atom. The van der Waals surface area contributed by atoms with Crippen LogP contribution in [0, 0.1) is 0 Å². The van der Waals surface area contributed by atoms with Crippen molar-refractivity contribution in [3.8, 4) is 0 Å². The van der Waals surface area contributed by atoms with Crippen molar-refractivity contribution in [2.45, 2.75) is 22.0 Å². The summed E-state index contributed by atoms with van der Waals surface area (Å²) >= 11 is 0. The molecule has 0 aliphatic carbocycles. The fourth-order valence-corrected chi connectivity index (χ4v) is 6.06. The fraction of sp³-hybridized carbons (Fsp3) is 0.133. The van der Waals surface area contributed by atoms with Crippen LogP contribution in [0.2, 0.25) is 0 Å². The number of carbonyl (C=O) groups excluding carboxylic acids is 2. The van der Waals surface area contributed by atoms with Gasteiger partial charge in [0.2, 0.25) is 0 Å². The monoisotopic (exact) mass is 544 g/mol. The van der Waals surface area contributed by atoms with Gasteiger partial charge in [-0.05, 0) is 35.4 Å². The normalized spacial score (nSPS) is 12.4. The number of aliphatic hydroxyl groups excluding tert-OH is 2. The van der Waals surface area contributed by atoms with Crippen LogP contribution in [0.1, 0.15) is 44.1 Å². The lowest BCUT2D eigenvalue weighted by molar-refractivity contribution is 0.0907. The molecule has 2 amide bonds. The van der Waals surface area contributed by atoms with Gasteiger partial charge in [0.05, 0.1) is 23.3 Å². The van der Waals surface area contributed by atoms with E-state index >= 15 is 0 Å². The topological polar surface area (TPSA) is 98.7 Å². The summed E-state index contributed by atoms with van der Waals surface area (Å²) in [6.07, 6.45) is -1.61. The molecule has 0 aliphatic heterocycles. The number of hydrogen-bond donors (Lipinski definition) is 4. The maximum Gasteiger partial charge on any atom is 0.252 e. The van der Waals surface area contributed by atoms with Gasteiger partial charge in [0.1, 0.15) is 0 Å². The van der Waals surface area contributed by atoms with E-state index in [4.69, 9.17) is 0 Å². The molecule has 4 N–H and O–H groups in total. The highest BCUT2D eigenvalue weighted by Crippen LogP contribution is 2.40. The Bertz CT molecular complexity index is 1250. The molecule has 2 unspecified atom stereocenters. The minimum atomic E-state index is -0.805. The molecule has 4 aromatic carbocycles. The Labute approximate surface area is 229 Å². The predicted octanol–water partition coefficient (Wildman–Crippen LogP) is 5.41. The first kappa shape index (κ1) is 27.5. The van der Waals surface area contributed by atoms with E-state index in [1.165, 1.54) is 21.6 Å². The van der Waals surface area contributed by atoms with Gasteiger partial charge < -0.3 is 20.8 Å². The summed E-state index contributed by atoms with van der Waals surface area (Å²) in [5.41, 5.74) is 2.44. The van der Waals surface area contributed by atoms with Crippen LogP contribution in [-0.4, -0.2) is 35.1 Å². The summed E-state index contributed by atoms with van der Waals surface area (Å²) in [5, 5.41) is 26.4. The van der Waals surface area contributed by atoms with Gasteiger partial charge in [0.25, 0.3) is 11.8 Å². The second-order valence-corrected chi connectivity index (χ2v) is 10.6. The van der Waals surface area contributed by atoms with Crippen LogP contribution < -0.4 is 10.6 Å². The summed E-state index contributed by atoms with van der Waals surface area (Å²) in [5.74, 6) is -0.575. The van der Waals surface area contributed by atoms with Gasteiger partial charge in [-0.15, -0.1) is 0 Å². The number of nitrogens with one attached hydrogen (secondary N) is 2. The van der Waals surface area contributed by atoms with Crippen molar-refractivity contribution >= 4 is 33.4 Å². The zero-order valence-corrected chi connectivity index (χ0v) is 22.1. The van der Waals surface area contributed by atoms with Crippen LogP contribution in [0.4, 0.5) is 0 Å². The first-order chi connectivity index (χ1) is 18.5. The second-order valence-electron chi connectivity index (χ2n) is 8.43. The minimum absolute atomic E-state index is 0.0901. The highest BCUT2D eigenvalue weighted by molar-refractivity contribution is 8.76. The van der Waals surface area contributed by atoms with Crippen LogP contribution in [0.3, 0.4) is 0 Å². The van der Waals surface area contributed by atoms with E-state index in [9.17, 15) is 19.8 Å². The maximum atomic E-state index is 12.9. The molecule has 0 bridgehead atoms. The smallest absolute Gasteiger partial charge is 0.252 e. The lowest BCUT2D eigenvalue weighted by Crippen LogP contribution is -2.28. The third-order valence-corrected chi connectivity index (χ3v) is 8.25. The Morgan fingerprint density at radius 2 is 0.895 bits per heavy atom. The molecule has 0 saturated heterocycles. The molecular formula is C30H28N2O4S2. The molecule has 0 heterocycles. The molecule has 0 radical (unpaired) electrons. The van der Waals surface area contributed by atoms with Crippen LogP contribution in [0.25, 0.3) is 0 Å². The Hall–Kier alpha value is -3.56. The van der Waals surface area contributed by atoms with Crippen LogP contribution in [0.15, 0.2) is 119 Å². The largest absolute Gasteiger partial charge is 0.387 e. The molecule has 194 valence electrons. The summed E-state index contributed by atoms with van der Waals surface area (Å²) in [6.45, 7) is 0.180. The number of carbonyl (C=O) groups is 2. The van der Waals surface area contributed by atoms with Gasteiger partial charge in [-0.25, -0.2) is 0 Å². The van der Waals surface area contributed by atoms with E-state index in [2.05, 4.69) is 10.6 Å². The van der Waals surface area contributed by atoms with E-state index in [-0.39, 0.29) is 24.9 Å². The van der Waals surface area contributed by atoms with E-state index in [1.807, 2.05) is 84.9 Å². The van der Waals surface area contributed by atoms with E-state index in [0.29, 0.717) is 11.1 Å². The molecule has 6 nitrogen and oxygen atoms in total. The molecule has 8 heteroatoms. The lowest BCUT2D eigenvalue weighted by Gasteiger charge is -2.15. The zero-order chi connectivity index (χ0) is 26.7. The first-order valence-electron chi connectivity index (χ1n) is 12.1. The van der Waals surface area contributed by atoms with Crippen molar-refractivity contribution in [3.05, 3.63) is 131 Å². The third-order valence-electron chi connectivity index (χ3n) is 5.77. The lowest BCUT2D eigenvalue weighted by atomic mass is 10.1. The van der Waals surface area contributed by atoms with Crippen molar-refractivity contribution < 1.29 is 19.8 Å². The quantitative estimate of drug-likeness (QED) is 0.189. The predicted molar refractivity (Wildman–Crippen MR) is 152 cm³/mol. The van der Waals surface area contributed by atoms with Crippen LogP contribution >= 0.6 is 21.6 Å². The zero-order valence-electron chi connectivity index (χ0n) is 20.5. The highest BCUT2D eigenvalue weighted by Gasteiger charge is 2.17. The number of amides is 2. The third kappa shape index (κ3) is 7.49. The van der Waals surface area contributed by atoms with Crippen molar-refractivity contribution in [1.82, 2.24) is 10.6 Å². The fourth-order valence-electron chi connectivity index (χ4n) is 3.70. The maximum absolute atomic E-state index is 12.9. The van der Waals surface area contributed by atoms with E-state index in [1.54, 1.807) is 24.3 Å². The minimum Gasteiger partial charge on any atom is -0.387 e. The Morgan fingerprint density at radius 1 is 0.553 bits per heavy atom. The average molecular weight is 545 g/mol. The van der Waals surface area contributed by atoms with E-state index in [0.717, 1.165) is 20.9 Å². The van der Waals surface area contributed by atoms with Crippen molar-refractivity contribution in [2.75, 3.05) is 13.1 Å². The number of hydrogen-bond acceptors (Lipinski definition) is 6. The summed E-state index contributed by atoms with van der Waals surface area (Å²) < 4.78 is 0. The molecule has 4 aromatic rings. The molecule has 2 atom stereocenters. The standard InChI is InChI=1S/C30H28N2O4S2/c33-25(21-11-3-1-4-12-21)19-31-29(35)23-15-7-9-17-27(23)37-38-28-18-10-8-16-24(28)30(36)32-20-26(34)22-13-5-2-6-14-22/h1-18,25-26,33-34H,19-20H2,(H,31,35)(H,32,36). The SMILES string of the molecule is O=C(NCC(O)c1ccccc1)c1ccccc1SSc1ccccc1C(=O)NCC(O)c1ccccc1. The van der Waals surface area contributed by atoms with Gasteiger partial charge in [0.15, 0.2) is 0 Å². The van der Waals surface area contributed by atoms with Gasteiger partial charge in [-0.1, -0.05) is 107 Å². The first-order valence-corrected chi connectivity index (χ1v) is 14.2. The van der Waals surface area contributed by atoms with Crippen LogP contribution in [-0.2, 0) is 0 Å². The van der Waals surface area contributed by atoms with Crippen molar-refractivity contribution in [2.24, 2.45) is 0 Å². The number of benzene rings is 4. The summed E-state index contributed by atoms with van der Waals surface area (Å²) in [4.78, 5) is 27.3. The molecule has 0 aliphatic rings. The second kappa shape index (κ2) is 13.8. The molecule has 0 fully saturated rings. The van der Waals surface area contributed by atoms with E-state index < -0.39 is 12.2 Å². The molecule has 0 spiro atoms. The molecule has 4 rings (SSSR count). The summed E-state index contributed by atoms with van der Waals surface area (Å²) in [6, 6.07) is 32.8.